The van der Waals surface area contributed by atoms with E-state index in [4.69, 9.17) is 23.2 Å². The van der Waals surface area contributed by atoms with Crippen LogP contribution in [0.4, 0.5) is 0 Å². The molecule has 156 valence electrons. The minimum atomic E-state index is -0.310. The van der Waals surface area contributed by atoms with Gasteiger partial charge in [-0.25, -0.2) is 0 Å². The van der Waals surface area contributed by atoms with Gasteiger partial charge in [-0.05, 0) is 48.7 Å². The van der Waals surface area contributed by atoms with Gasteiger partial charge in [0.05, 0.1) is 6.04 Å². The smallest absolute Gasteiger partial charge is 0.273 e. The van der Waals surface area contributed by atoms with E-state index in [1.807, 2.05) is 36.1 Å². The Bertz CT molecular complexity index is 1090. The number of halogens is 2. The normalized spacial score (nSPS) is 15.7. The van der Waals surface area contributed by atoms with Gasteiger partial charge in [-0.3, -0.25) is 9.89 Å². The fraction of sp³-hybridized carbons (Fsp3) is 0.304. The molecule has 30 heavy (non-hydrogen) atoms. The SMILES string of the molecule is CCCCCN1C(=O)c2[nH]nc(-c3cc(Cl)c(C)cc3O)c2C1c1ccc(Cl)cc1. The summed E-state index contributed by atoms with van der Waals surface area (Å²) in [5.74, 6) is -0.00422. The first-order valence-corrected chi connectivity index (χ1v) is 10.8. The number of aromatic amines is 1. The number of aromatic hydroxyl groups is 1. The highest BCUT2D eigenvalue weighted by molar-refractivity contribution is 6.31. The third-order valence-corrected chi connectivity index (χ3v) is 6.24. The van der Waals surface area contributed by atoms with Gasteiger partial charge in [-0.15, -0.1) is 0 Å². The maximum absolute atomic E-state index is 13.2. The van der Waals surface area contributed by atoms with Crippen molar-refractivity contribution in [3.63, 3.8) is 0 Å². The van der Waals surface area contributed by atoms with E-state index in [2.05, 4.69) is 17.1 Å². The van der Waals surface area contributed by atoms with Crippen molar-refractivity contribution in [2.24, 2.45) is 0 Å². The topological polar surface area (TPSA) is 69.2 Å². The van der Waals surface area contributed by atoms with E-state index in [0.29, 0.717) is 33.5 Å². The number of benzene rings is 2. The highest BCUT2D eigenvalue weighted by atomic mass is 35.5. The Hall–Kier alpha value is -2.50. The highest BCUT2D eigenvalue weighted by Crippen LogP contribution is 2.45. The number of fused-ring (bicyclic) bond motifs is 1. The Morgan fingerprint density at radius 1 is 1.17 bits per heavy atom. The van der Waals surface area contributed by atoms with Gasteiger partial charge in [-0.1, -0.05) is 55.1 Å². The molecule has 3 aromatic rings. The molecule has 2 N–H and O–H groups in total. The lowest BCUT2D eigenvalue weighted by Crippen LogP contribution is -2.30. The van der Waals surface area contributed by atoms with Gasteiger partial charge in [-0.2, -0.15) is 5.10 Å². The van der Waals surface area contributed by atoms with Crippen LogP contribution < -0.4 is 0 Å². The predicted octanol–water partition coefficient (Wildman–Crippen LogP) is 6.13. The zero-order chi connectivity index (χ0) is 21.4. The summed E-state index contributed by atoms with van der Waals surface area (Å²) in [5.41, 5.74) is 3.98. The van der Waals surface area contributed by atoms with Crippen molar-refractivity contribution >= 4 is 29.1 Å². The molecule has 1 unspecified atom stereocenters. The number of unbranched alkanes of at least 4 members (excludes halogenated alkanes) is 2. The third kappa shape index (κ3) is 3.57. The summed E-state index contributed by atoms with van der Waals surface area (Å²) in [6.07, 6.45) is 3.03. The van der Waals surface area contributed by atoms with Crippen LogP contribution in [-0.2, 0) is 0 Å². The second kappa shape index (κ2) is 8.32. The van der Waals surface area contributed by atoms with E-state index in [-0.39, 0.29) is 17.7 Å². The van der Waals surface area contributed by atoms with Gasteiger partial charge in [0, 0.05) is 27.7 Å². The number of nitrogens with zero attached hydrogens (tertiary/aromatic N) is 2. The Kier molecular flexibility index (Phi) is 5.76. The predicted molar refractivity (Wildman–Crippen MR) is 119 cm³/mol. The second-order valence-electron chi connectivity index (χ2n) is 7.64. The van der Waals surface area contributed by atoms with Crippen LogP contribution in [0.2, 0.25) is 10.0 Å². The molecule has 1 aliphatic rings. The molecule has 2 heterocycles. The number of nitrogens with one attached hydrogen (secondary N) is 1. The summed E-state index contributed by atoms with van der Waals surface area (Å²) in [6, 6.07) is 10.5. The molecule has 1 aliphatic heterocycles. The van der Waals surface area contributed by atoms with Crippen LogP contribution in [0.15, 0.2) is 36.4 Å². The van der Waals surface area contributed by atoms with E-state index >= 15 is 0 Å². The number of aromatic nitrogens is 2. The molecular formula is C23H23Cl2N3O2. The standard InChI is InChI=1S/C23H23Cl2N3O2/c1-3-4-5-10-28-22(14-6-8-15(24)9-7-14)19-20(26-27-21(19)23(28)30)16-12-17(25)13(2)11-18(16)29/h6-9,11-12,22,29H,3-5,10H2,1-2H3,(H,26,27). The van der Waals surface area contributed by atoms with Crippen LogP contribution >= 0.6 is 23.2 Å². The molecule has 0 fully saturated rings. The minimum absolute atomic E-state index is 0.0814. The maximum atomic E-state index is 13.2. The number of aryl methyl sites for hydroxylation is 1. The van der Waals surface area contributed by atoms with Gasteiger partial charge in [0.25, 0.3) is 5.91 Å². The van der Waals surface area contributed by atoms with Gasteiger partial charge < -0.3 is 10.0 Å². The Balaban J connectivity index is 1.86. The lowest BCUT2D eigenvalue weighted by atomic mass is 9.95. The first kappa shape index (κ1) is 20.8. The van der Waals surface area contributed by atoms with Crippen molar-refractivity contribution in [3.8, 4) is 17.0 Å². The van der Waals surface area contributed by atoms with Crippen molar-refractivity contribution < 1.29 is 9.90 Å². The van der Waals surface area contributed by atoms with E-state index < -0.39 is 0 Å². The summed E-state index contributed by atoms with van der Waals surface area (Å²) in [6.45, 7) is 4.61. The Morgan fingerprint density at radius 3 is 2.60 bits per heavy atom. The molecule has 1 atom stereocenters. The lowest BCUT2D eigenvalue weighted by Gasteiger charge is -2.26. The second-order valence-corrected chi connectivity index (χ2v) is 8.48. The van der Waals surface area contributed by atoms with Gasteiger partial charge in [0.1, 0.15) is 17.1 Å². The van der Waals surface area contributed by atoms with E-state index in [9.17, 15) is 9.90 Å². The molecule has 0 spiro atoms. The highest BCUT2D eigenvalue weighted by Gasteiger charge is 2.42. The van der Waals surface area contributed by atoms with Gasteiger partial charge >= 0.3 is 0 Å². The largest absolute Gasteiger partial charge is 0.507 e. The molecule has 0 bridgehead atoms. The molecule has 1 aromatic heterocycles. The molecular weight excluding hydrogens is 421 g/mol. The van der Waals surface area contributed by atoms with Gasteiger partial charge in [0.2, 0.25) is 0 Å². The summed E-state index contributed by atoms with van der Waals surface area (Å²) < 4.78 is 0. The van der Waals surface area contributed by atoms with Crippen LogP contribution in [0.25, 0.3) is 11.3 Å². The maximum Gasteiger partial charge on any atom is 0.273 e. The van der Waals surface area contributed by atoms with Crippen molar-refractivity contribution in [3.05, 3.63) is 68.8 Å². The molecule has 1 amide bonds. The number of hydrogen-bond acceptors (Lipinski definition) is 3. The van der Waals surface area contributed by atoms with E-state index in [0.717, 1.165) is 36.0 Å². The first-order valence-electron chi connectivity index (χ1n) is 10.1. The van der Waals surface area contributed by atoms with Crippen molar-refractivity contribution in [1.29, 1.82) is 0 Å². The molecule has 0 radical (unpaired) electrons. The number of H-pyrrole nitrogens is 1. The fourth-order valence-corrected chi connectivity index (χ4v) is 4.30. The average Bonchev–Trinajstić information content (AvgIpc) is 3.25. The fourth-order valence-electron chi connectivity index (χ4n) is 4.01. The zero-order valence-corrected chi connectivity index (χ0v) is 18.4. The number of phenolic OH excluding ortho intramolecular Hbond substituents is 1. The monoisotopic (exact) mass is 443 g/mol. The number of rotatable bonds is 6. The summed E-state index contributed by atoms with van der Waals surface area (Å²) in [5, 5.41) is 19.1. The van der Waals surface area contributed by atoms with Crippen molar-refractivity contribution in [2.45, 2.75) is 39.2 Å². The minimum Gasteiger partial charge on any atom is -0.507 e. The number of carbonyl (C=O) groups is 1. The summed E-state index contributed by atoms with van der Waals surface area (Å²) >= 11 is 12.4. The molecule has 0 saturated heterocycles. The molecule has 0 aliphatic carbocycles. The Labute approximate surface area is 185 Å². The van der Waals surface area contributed by atoms with Crippen LogP contribution in [0.3, 0.4) is 0 Å². The third-order valence-electron chi connectivity index (χ3n) is 5.58. The van der Waals surface area contributed by atoms with E-state index in [1.54, 1.807) is 12.1 Å². The van der Waals surface area contributed by atoms with E-state index in [1.165, 1.54) is 0 Å². The average molecular weight is 444 g/mol. The molecule has 7 heteroatoms. The number of phenols is 1. The molecule has 5 nitrogen and oxygen atoms in total. The number of amides is 1. The van der Waals surface area contributed by atoms with Crippen LogP contribution in [0.1, 0.15) is 59.4 Å². The lowest BCUT2D eigenvalue weighted by molar-refractivity contribution is 0.0740. The van der Waals surface area contributed by atoms with Crippen LogP contribution in [-0.4, -0.2) is 32.7 Å². The number of carbonyl (C=O) groups excluding carboxylic acids is 1. The molecule has 4 rings (SSSR count). The first-order chi connectivity index (χ1) is 14.4. The number of hydrogen-bond donors (Lipinski definition) is 2. The molecule has 2 aromatic carbocycles. The summed E-state index contributed by atoms with van der Waals surface area (Å²) in [7, 11) is 0. The summed E-state index contributed by atoms with van der Waals surface area (Å²) in [4.78, 5) is 15.1. The van der Waals surface area contributed by atoms with Gasteiger partial charge in [0.15, 0.2) is 0 Å². The van der Waals surface area contributed by atoms with Crippen molar-refractivity contribution in [2.75, 3.05) is 6.54 Å². The van der Waals surface area contributed by atoms with Crippen LogP contribution in [0.5, 0.6) is 5.75 Å². The zero-order valence-electron chi connectivity index (χ0n) is 16.9. The molecule has 0 saturated carbocycles. The van der Waals surface area contributed by atoms with Crippen LogP contribution in [0, 0.1) is 6.92 Å². The Morgan fingerprint density at radius 2 is 1.90 bits per heavy atom. The van der Waals surface area contributed by atoms with Crippen molar-refractivity contribution in [1.82, 2.24) is 15.1 Å². The quantitative estimate of drug-likeness (QED) is 0.449.